The maximum Gasteiger partial charge on any atom is 0.572 e. The van der Waals surface area contributed by atoms with Crippen LogP contribution >= 0.6 is 0 Å². The fraction of sp³-hybridized carbons (Fsp3) is 0.909. The second-order valence-corrected chi connectivity index (χ2v) is 5.39. The first kappa shape index (κ1) is 17.5. The molecule has 2 fully saturated rings. The van der Waals surface area contributed by atoms with Crippen LogP contribution in [0.15, 0.2) is 0 Å². The smallest absolute Gasteiger partial charge is 0.433 e. The lowest BCUT2D eigenvalue weighted by molar-refractivity contribution is -0.852. The summed E-state index contributed by atoms with van der Waals surface area (Å²) in [6, 6.07) is 0. The monoisotopic (exact) mass is 335 g/mol. The molecule has 3 atom stereocenters. The van der Waals surface area contributed by atoms with Crippen LogP contribution in [0.5, 0.6) is 0 Å². The van der Waals surface area contributed by atoms with E-state index in [4.69, 9.17) is 9.68 Å². The highest BCUT2D eigenvalue weighted by molar-refractivity contribution is 5.66. The molecular weight excluding hydrogens is 318 g/mol. The van der Waals surface area contributed by atoms with Gasteiger partial charge in [-0.15, -0.1) is 0 Å². The van der Waals surface area contributed by atoms with Crippen LogP contribution in [0.4, 0.5) is 0 Å². The minimum absolute atomic E-state index is 0.139. The highest BCUT2D eigenvalue weighted by Crippen LogP contribution is 2.36. The van der Waals surface area contributed by atoms with Crippen LogP contribution in [0.2, 0.25) is 0 Å². The minimum atomic E-state index is -2.95. The number of hydrogen-bond donors (Lipinski definition) is 1. The molecule has 1 aliphatic heterocycles. The zero-order chi connectivity index (χ0) is 17.2. The number of nitro groups is 2. The number of nitrogens with zero attached hydrogens (tertiary/aromatic N) is 3. The highest BCUT2D eigenvalue weighted by Gasteiger charge is 2.72. The molecule has 2 rings (SSSR count). The van der Waals surface area contributed by atoms with Gasteiger partial charge in [0.25, 0.3) is 0 Å². The molecule has 1 N–H and O–H groups in total. The Bertz CT molecular complexity index is 485. The number of rotatable bonds is 5. The zero-order valence-corrected chi connectivity index (χ0v) is 12.3. The van der Waals surface area contributed by atoms with Crippen LogP contribution in [0.3, 0.4) is 0 Å². The molecule has 1 heterocycles. The molecule has 23 heavy (non-hydrogen) atoms. The third-order valence-electron chi connectivity index (χ3n) is 3.73. The Kier molecular flexibility index (Phi) is 5.09. The van der Waals surface area contributed by atoms with Crippen LogP contribution in [0, 0.1) is 20.2 Å². The van der Waals surface area contributed by atoms with Crippen molar-refractivity contribution in [2.75, 3.05) is 0 Å². The van der Waals surface area contributed by atoms with Gasteiger partial charge in [0, 0.05) is 6.92 Å². The quantitative estimate of drug-likeness (QED) is 0.313. The van der Waals surface area contributed by atoms with Crippen molar-refractivity contribution in [2.45, 2.75) is 63.3 Å². The van der Waals surface area contributed by atoms with E-state index >= 15 is 0 Å². The molecule has 1 unspecified atom stereocenters. The molecule has 0 spiro atoms. The molecule has 12 nitrogen and oxygen atoms in total. The maximum absolute atomic E-state index is 11.3. The van der Waals surface area contributed by atoms with Crippen molar-refractivity contribution in [3.63, 3.8) is 0 Å². The van der Waals surface area contributed by atoms with Gasteiger partial charge in [-0.25, -0.2) is 4.84 Å². The summed E-state index contributed by atoms with van der Waals surface area (Å²) < 4.78 is 4.66. The molecule has 0 radical (unpaired) electrons. The average molecular weight is 335 g/mol. The van der Waals surface area contributed by atoms with E-state index < -0.39 is 46.5 Å². The van der Waals surface area contributed by atoms with Gasteiger partial charge >= 0.3 is 11.8 Å². The molecule has 0 amide bonds. The van der Waals surface area contributed by atoms with Gasteiger partial charge in [-0.2, -0.15) is 0 Å². The largest absolute Gasteiger partial charge is 0.572 e. The van der Waals surface area contributed by atoms with E-state index in [2.05, 4.69) is 4.74 Å². The van der Waals surface area contributed by atoms with E-state index in [1.54, 1.807) is 0 Å². The standard InChI is InChI=1S/C11H17N3O9/c1-7(15)21-10-6-11(12(17)18,13(19)20)14(23-10)22-9-5-3-2-4-8(9)16/h8-10,16H,2-6H2,1H3/t8-,9-,10?/m0/s1. The van der Waals surface area contributed by atoms with Crippen molar-refractivity contribution in [2.24, 2.45) is 0 Å². The second kappa shape index (κ2) is 6.70. The normalized spacial score (nSPS) is 30.8. The number of ether oxygens (including phenoxy) is 1. The highest BCUT2D eigenvalue weighted by atomic mass is 17.0. The Balaban J connectivity index is 2.22. The van der Waals surface area contributed by atoms with Crippen LogP contribution < -0.4 is 0 Å². The Morgan fingerprint density at radius 1 is 1.30 bits per heavy atom. The fourth-order valence-electron chi connectivity index (χ4n) is 2.56. The fourth-order valence-corrected chi connectivity index (χ4v) is 2.56. The SMILES string of the molecule is CC(=O)OC1CC([N+](=O)[O-])([N+](=O)[O-])N(O[C@H]2CCCC[C@@H]2O)O1. The third kappa shape index (κ3) is 3.39. The van der Waals surface area contributed by atoms with Crippen molar-refractivity contribution < 1.29 is 34.2 Å². The van der Waals surface area contributed by atoms with Gasteiger partial charge < -0.3 is 9.84 Å². The van der Waals surface area contributed by atoms with Gasteiger partial charge in [-0.3, -0.25) is 29.9 Å². The first-order chi connectivity index (χ1) is 10.8. The summed E-state index contributed by atoms with van der Waals surface area (Å²) in [7, 11) is 0. The van der Waals surface area contributed by atoms with E-state index in [-0.39, 0.29) is 5.23 Å². The number of esters is 1. The molecule has 0 aromatic carbocycles. The topological polar surface area (TPSA) is 155 Å². The summed E-state index contributed by atoms with van der Waals surface area (Å²) in [6.07, 6.45) is -1.92. The Labute approximate surface area is 130 Å². The summed E-state index contributed by atoms with van der Waals surface area (Å²) in [4.78, 5) is 41.3. The Morgan fingerprint density at radius 2 is 1.91 bits per heavy atom. The van der Waals surface area contributed by atoms with Gasteiger partial charge in [0.2, 0.25) is 6.29 Å². The van der Waals surface area contributed by atoms with E-state index in [9.17, 15) is 30.1 Å². The average Bonchev–Trinajstić information content (AvgIpc) is 2.80. The van der Waals surface area contributed by atoms with Gasteiger partial charge in [-0.05, 0) is 12.8 Å². The molecule has 1 saturated carbocycles. The molecule has 12 heteroatoms. The van der Waals surface area contributed by atoms with Crippen molar-refractivity contribution in [3.05, 3.63) is 20.2 Å². The van der Waals surface area contributed by atoms with Crippen LogP contribution in [-0.4, -0.2) is 50.4 Å². The van der Waals surface area contributed by atoms with E-state index in [1.165, 1.54) is 0 Å². The van der Waals surface area contributed by atoms with Crippen LogP contribution in [-0.2, 0) is 19.2 Å². The predicted molar refractivity (Wildman–Crippen MR) is 69.2 cm³/mol. The number of carbonyl (C=O) groups excluding carboxylic acids is 1. The lowest BCUT2D eigenvalue weighted by atomic mass is 9.95. The van der Waals surface area contributed by atoms with Crippen molar-refractivity contribution in [1.29, 1.82) is 0 Å². The van der Waals surface area contributed by atoms with Gasteiger partial charge in [0.1, 0.15) is 16.0 Å². The lowest BCUT2D eigenvalue weighted by Crippen LogP contribution is -2.57. The molecule has 130 valence electrons. The second-order valence-electron chi connectivity index (χ2n) is 5.39. The first-order valence-corrected chi connectivity index (χ1v) is 7.05. The van der Waals surface area contributed by atoms with E-state index in [0.29, 0.717) is 19.3 Å². The van der Waals surface area contributed by atoms with Crippen molar-refractivity contribution >= 4 is 5.97 Å². The van der Waals surface area contributed by atoms with Crippen molar-refractivity contribution in [1.82, 2.24) is 5.23 Å². The third-order valence-corrected chi connectivity index (χ3v) is 3.73. The Hall–Kier alpha value is -1.89. The van der Waals surface area contributed by atoms with Crippen molar-refractivity contribution in [3.8, 4) is 0 Å². The molecule has 1 saturated heterocycles. The number of aliphatic hydroxyl groups is 1. The summed E-state index contributed by atoms with van der Waals surface area (Å²) in [5.41, 5.74) is 0. The van der Waals surface area contributed by atoms with Crippen LogP contribution in [0.1, 0.15) is 39.0 Å². The predicted octanol–water partition coefficient (Wildman–Crippen LogP) is -0.0448. The molecular formula is C11H17N3O9. The number of hydroxylamine groups is 2. The summed E-state index contributed by atoms with van der Waals surface area (Å²) in [5.74, 6) is -3.76. The molecule has 1 aliphatic carbocycles. The van der Waals surface area contributed by atoms with Gasteiger partial charge in [0.15, 0.2) is 6.42 Å². The zero-order valence-electron chi connectivity index (χ0n) is 12.3. The van der Waals surface area contributed by atoms with Crippen LogP contribution in [0.25, 0.3) is 0 Å². The summed E-state index contributed by atoms with van der Waals surface area (Å²) >= 11 is 0. The van der Waals surface area contributed by atoms with Gasteiger partial charge in [0.05, 0.1) is 11.3 Å². The first-order valence-electron chi connectivity index (χ1n) is 7.05. The maximum atomic E-state index is 11.3. The molecule has 0 aromatic rings. The molecule has 0 aromatic heterocycles. The summed E-state index contributed by atoms with van der Waals surface area (Å²) in [6.45, 7) is 1.04. The summed E-state index contributed by atoms with van der Waals surface area (Å²) in [5, 5.41) is 32.6. The van der Waals surface area contributed by atoms with E-state index in [1.807, 2.05) is 0 Å². The minimum Gasteiger partial charge on any atom is -0.433 e. The lowest BCUT2D eigenvalue weighted by Gasteiger charge is -2.30. The molecule has 2 aliphatic rings. The Morgan fingerprint density at radius 3 is 2.43 bits per heavy atom. The number of carbonyl (C=O) groups is 1. The molecule has 0 bridgehead atoms. The number of hydrogen-bond acceptors (Lipinski definition) is 10. The van der Waals surface area contributed by atoms with E-state index in [0.717, 1.165) is 13.3 Å². The number of aliphatic hydroxyl groups excluding tert-OH is 1. The van der Waals surface area contributed by atoms with Gasteiger partial charge in [-0.1, -0.05) is 12.8 Å².